The normalized spacial score (nSPS) is 17.4. The van der Waals surface area contributed by atoms with Crippen LogP contribution in [0.25, 0.3) is 0 Å². The van der Waals surface area contributed by atoms with Crippen LogP contribution in [-0.2, 0) is 12.8 Å². The largest absolute Gasteiger partial charge is 0.478 e. The van der Waals surface area contributed by atoms with E-state index in [4.69, 9.17) is 0 Å². The number of carbonyl (C=O) groups excluding carboxylic acids is 1. The molecule has 128 valence electrons. The number of nitrogens with one attached hydrogen (secondary N) is 1. The van der Waals surface area contributed by atoms with Gasteiger partial charge >= 0.3 is 5.97 Å². The van der Waals surface area contributed by atoms with Crippen LogP contribution in [0, 0.1) is 11.3 Å². The topological polar surface area (TPSA) is 66.4 Å². The molecular weight excluding hydrogens is 342 g/mol. The van der Waals surface area contributed by atoms with Gasteiger partial charge in [0.15, 0.2) is 0 Å². The van der Waals surface area contributed by atoms with E-state index in [1.54, 1.807) is 6.07 Å². The second-order valence-corrected chi connectivity index (χ2v) is 9.30. The van der Waals surface area contributed by atoms with E-state index in [0.717, 1.165) is 29.7 Å². The van der Waals surface area contributed by atoms with Gasteiger partial charge in [0.05, 0.1) is 10.4 Å². The fourth-order valence-corrected chi connectivity index (χ4v) is 5.15. The number of carboxylic acids is 1. The van der Waals surface area contributed by atoms with Gasteiger partial charge in [-0.1, -0.05) is 26.8 Å². The molecule has 3 rings (SSSR count). The third-order valence-corrected chi connectivity index (χ3v) is 6.71. The number of thiophene rings is 2. The van der Waals surface area contributed by atoms with Crippen molar-refractivity contribution in [3.63, 3.8) is 0 Å². The molecule has 1 aliphatic rings. The van der Waals surface area contributed by atoms with Gasteiger partial charge in [-0.2, -0.15) is 0 Å². The van der Waals surface area contributed by atoms with Crippen LogP contribution in [0.4, 0.5) is 5.00 Å². The van der Waals surface area contributed by atoms with Gasteiger partial charge in [-0.25, -0.2) is 4.79 Å². The fraction of sp³-hybridized carbons (Fsp3) is 0.444. The summed E-state index contributed by atoms with van der Waals surface area (Å²) in [7, 11) is 0. The fourth-order valence-electron chi connectivity index (χ4n) is 3.21. The Morgan fingerprint density at radius 1 is 1.33 bits per heavy atom. The second kappa shape index (κ2) is 6.33. The molecule has 1 aliphatic carbocycles. The number of hydrogen-bond acceptors (Lipinski definition) is 4. The molecule has 0 radical (unpaired) electrons. The summed E-state index contributed by atoms with van der Waals surface area (Å²) in [4.78, 5) is 25.8. The first-order valence-electron chi connectivity index (χ1n) is 8.00. The molecule has 2 N–H and O–H groups in total. The van der Waals surface area contributed by atoms with E-state index >= 15 is 0 Å². The number of carboxylic acid groups (broad SMARTS) is 1. The summed E-state index contributed by atoms with van der Waals surface area (Å²) in [6, 6.07) is 3.55. The van der Waals surface area contributed by atoms with Gasteiger partial charge in [0.25, 0.3) is 5.91 Å². The molecule has 0 unspecified atom stereocenters. The molecule has 0 saturated carbocycles. The molecule has 0 aromatic carbocycles. The zero-order valence-corrected chi connectivity index (χ0v) is 15.6. The van der Waals surface area contributed by atoms with Crippen molar-refractivity contribution in [3.05, 3.63) is 38.4 Å². The molecule has 0 spiro atoms. The van der Waals surface area contributed by atoms with Crippen LogP contribution in [0.2, 0.25) is 0 Å². The molecule has 0 bridgehead atoms. The molecule has 6 heteroatoms. The molecule has 4 nitrogen and oxygen atoms in total. The van der Waals surface area contributed by atoms with Gasteiger partial charge in [0.1, 0.15) is 5.00 Å². The van der Waals surface area contributed by atoms with Gasteiger partial charge in [-0.05, 0) is 47.6 Å². The first-order valence-corrected chi connectivity index (χ1v) is 9.69. The van der Waals surface area contributed by atoms with Crippen molar-refractivity contribution in [3.8, 4) is 0 Å². The number of rotatable bonds is 3. The summed E-state index contributed by atoms with van der Waals surface area (Å²) in [5.74, 6) is -0.659. The number of aromatic carboxylic acids is 1. The molecule has 1 atom stereocenters. The van der Waals surface area contributed by atoms with Crippen LogP contribution in [0.3, 0.4) is 0 Å². The summed E-state index contributed by atoms with van der Waals surface area (Å²) in [6.07, 6.45) is 2.65. The second-order valence-electron chi connectivity index (χ2n) is 7.25. The quantitative estimate of drug-likeness (QED) is 0.814. The number of hydrogen-bond donors (Lipinski definition) is 2. The van der Waals surface area contributed by atoms with Crippen molar-refractivity contribution in [2.75, 3.05) is 5.32 Å². The van der Waals surface area contributed by atoms with E-state index in [0.29, 0.717) is 15.8 Å². The average molecular weight is 364 g/mol. The van der Waals surface area contributed by atoms with Gasteiger partial charge in [-0.3, -0.25) is 4.79 Å². The molecule has 2 aromatic heterocycles. The van der Waals surface area contributed by atoms with Crippen LogP contribution < -0.4 is 5.32 Å². The zero-order chi connectivity index (χ0) is 17.5. The molecule has 2 heterocycles. The Hall–Kier alpha value is -1.66. The van der Waals surface area contributed by atoms with Crippen molar-refractivity contribution in [2.45, 2.75) is 40.0 Å². The Morgan fingerprint density at radius 3 is 2.67 bits per heavy atom. The highest BCUT2D eigenvalue weighted by Crippen LogP contribution is 2.44. The van der Waals surface area contributed by atoms with Crippen LogP contribution in [0.15, 0.2) is 17.5 Å². The highest BCUT2D eigenvalue weighted by Gasteiger charge is 2.34. The predicted octanol–water partition coefficient (Wildman–Crippen LogP) is 4.91. The lowest BCUT2D eigenvalue weighted by atomic mass is 9.72. The molecule has 1 amide bonds. The lowest BCUT2D eigenvalue weighted by molar-refractivity contribution is 0.0696. The minimum atomic E-state index is -0.955. The lowest BCUT2D eigenvalue weighted by Gasteiger charge is -2.33. The number of fused-ring (bicyclic) bond motifs is 1. The van der Waals surface area contributed by atoms with Crippen LogP contribution in [-0.4, -0.2) is 17.0 Å². The van der Waals surface area contributed by atoms with E-state index in [9.17, 15) is 14.7 Å². The van der Waals surface area contributed by atoms with Gasteiger partial charge in [0, 0.05) is 4.88 Å². The first kappa shape index (κ1) is 17.2. The Bertz CT molecular complexity index is 769. The van der Waals surface area contributed by atoms with Crippen LogP contribution in [0.5, 0.6) is 0 Å². The van der Waals surface area contributed by atoms with Gasteiger partial charge in [0.2, 0.25) is 0 Å². The van der Waals surface area contributed by atoms with E-state index in [-0.39, 0.29) is 16.9 Å². The Kier molecular flexibility index (Phi) is 4.53. The Morgan fingerprint density at radius 2 is 2.08 bits per heavy atom. The van der Waals surface area contributed by atoms with E-state index in [1.807, 2.05) is 11.4 Å². The maximum atomic E-state index is 12.3. The number of carbonyl (C=O) groups is 2. The Balaban J connectivity index is 1.92. The molecule has 0 aliphatic heterocycles. The molecular formula is C18H21NO3S2. The molecule has 0 fully saturated rings. The maximum Gasteiger partial charge on any atom is 0.339 e. The average Bonchev–Trinajstić information content (AvgIpc) is 3.12. The van der Waals surface area contributed by atoms with Crippen molar-refractivity contribution in [1.29, 1.82) is 0 Å². The SMILES string of the molecule is CC(C)(C)[C@@H]1CCc2c(sc(NC(=O)c3cccs3)c2C(=O)O)C1. The molecule has 2 aromatic rings. The summed E-state index contributed by atoms with van der Waals surface area (Å²) < 4.78 is 0. The maximum absolute atomic E-state index is 12.3. The number of anilines is 1. The molecule has 0 saturated heterocycles. The van der Waals surface area contributed by atoms with Crippen molar-refractivity contribution in [1.82, 2.24) is 0 Å². The minimum Gasteiger partial charge on any atom is -0.478 e. The van der Waals surface area contributed by atoms with Crippen LogP contribution >= 0.6 is 22.7 Å². The van der Waals surface area contributed by atoms with Crippen molar-refractivity contribution >= 4 is 39.6 Å². The van der Waals surface area contributed by atoms with Crippen molar-refractivity contribution < 1.29 is 14.7 Å². The molecule has 24 heavy (non-hydrogen) atoms. The summed E-state index contributed by atoms with van der Waals surface area (Å²) in [6.45, 7) is 6.69. The highest BCUT2D eigenvalue weighted by atomic mass is 32.1. The van der Waals surface area contributed by atoms with E-state index in [2.05, 4.69) is 26.1 Å². The van der Waals surface area contributed by atoms with Crippen LogP contribution in [0.1, 0.15) is 57.7 Å². The van der Waals surface area contributed by atoms with Gasteiger partial charge in [-0.15, -0.1) is 22.7 Å². The third-order valence-electron chi connectivity index (χ3n) is 4.68. The third kappa shape index (κ3) is 3.26. The highest BCUT2D eigenvalue weighted by molar-refractivity contribution is 7.17. The summed E-state index contributed by atoms with van der Waals surface area (Å²) >= 11 is 2.78. The lowest BCUT2D eigenvalue weighted by Crippen LogP contribution is -2.26. The minimum absolute atomic E-state index is 0.200. The van der Waals surface area contributed by atoms with E-state index < -0.39 is 5.97 Å². The smallest absolute Gasteiger partial charge is 0.339 e. The number of amides is 1. The van der Waals surface area contributed by atoms with Crippen molar-refractivity contribution in [2.24, 2.45) is 11.3 Å². The predicted molar refractivity (Wildman–Crippen MR) is 98.5 cm³/mol. The Labute approximate surface area is 149 Å². The van der Waals surface area contributed by atoms with Gasteiger partial charge < -0.3 is 10.4 Å². The first-order chi connectivity index (χ1) is 11.3. The summed E-state index contributed by atoms with van der Waals surface area (Å²) in [5.41, 5.74) is 1.40. The zero-order valence-electron chi connectivity index (χ0n) is 14.0. The monoisotopic (exact) mass is 363 g/mol. The van der Waals surface area contributed by atoms with E-state index in [1.165, 1.54) is 22.7 Å². The standard InChI is InChI=1S/C18H21NO3S2/c1-18(2,3)10-6-7-11-13(9-10)24-16(14(11)17(21)22)19-15(20)12-5-4-8-23-12/h4-5,8,10H,6-7,9H2,1-3H3,(H,19,20)(H,21,22)/t10-/m1/s1. The summed E-state index contributed by atoms with van der Waals surface area (Å²) in [5, 5.41) is 14.8.